The van der Waals surface area contributed by atoms with E-state index in [1.807, 2.05) is 0 Å². The Morgan fingerprint density at radius 3 is 2.06 bits per heavy atom. The number of carbonyl (C=O) groups excluding carboxylic acids is 1. The number of hydrogen-bond donors (Lipinski definition) is 2. The van der Waals surface area contributed by atoms with Crippen LogP contribution in [0.2, 0.25) is 0 Å². The maximum absolute atomic E-state index is 11.2. The van der Waals surface area contributed by atoms with E-state index < -0.39 is 30.2 Å². The lowest BCUT2D eigenvalue weighted by Gasteiger charge is -2.41. The number of aliphatic hydroxyl groups excluding tert-OH is 2. The Hall–Kier alpha value is -0.530. The third kappa shape index (κ3) is 8.39. The molecule has 0 aromatic heterocycles. The molecule has 6 nitrogen and oxygen atoms in total. The van der Waals surface area contributed by atoms with Gasteiger partial charge >= 0.3 is 0 Å². The molecule has 5 unspecified atom stereocenters. The van der Waals surface area contributed by atoms with Crippen LogP contribution in [0.1, 0.15) is 104 Å². The van der Waals surface area contributed by atoms with Gasteiger partial charge in [0, 0.05) is 12.8 Å². The van der Waals surface area contributed by atoms with Gasteiger partial charge in [-0.3, -0.25) is 0 Å². The van der Waals surface area contributed by atoms with Gasteiger partial charge in [-0.25, -0.2) is 0 Å². The minimum Gasteiger partial charge on any atom is -0.388 e. The van der Waals surface area contributed by atoms with Crippen LogP contribution in [-0.4, -0.2) is 59.9 Å². The van der Waals surface area contributed by atoms with Gasteiger partial charge in [0.15, 0.2) is 12.1 Å². The van der Waals surface area contributed by atoms with Gasteiger partial charge in [-0.1, -0.05) is 71.6 Å². The lowest BCUT2D eigenvalue weighted by molar-refractivity contribution is -0.282. The molecule has 0 saturated carbocycles. The number of ether oxygens (including phenoxy) is 3. The van der Waals surface area contributed by atoms with Crippen molar-refractivity contribution in [3.8, 4) is 0 Å². The molecule has 0 aromatic rings. The van der Waals surface area contributed by atoms with Crippen LogP contribution in [-0.2, 0) is 19.0 Å². The van der Waals surface area contributed by atoms with Gasteiger partial charge in [0.1, 0.15) is 18.3 Å². The predicted octanol–water partition coefficient (Wildman–Crippen LogP) is 4.54. The SMILES string of the molecule is CCCCCCCCCCCC1(CC(CCC)C2OC(C=O)C(O)C2O)OCCCO1. The second kappa shape index (κ2) is 14.6. The topological polar surface area (TPSA) is 85.2 Å². The van der Waals surface area contributed by atoms with Gasteiger partial charge in [0.05, 0.1) is 19.3 Å². The van der Waals surface area contributed by atoms with E-state index in [0.29, 0.717) is 25.9 Å². The maximum Gasteiger partial charge on any atom is 0.168 e. The van der Waals surface area contributed by atoms with Gasteiger partial charge in [0.25, 0.3) is 0 Å². The lowest BCUT2D eigenvalue weighted by atomic mass is 9.84. The summed E-state index contributed by atoms with van der Waals surface area (Å²) >= 11 is 0. The average molecular weight is 443 g/mol. The predicted molar refractivity (Wildman–Crippen MR) is 121 cm³/mol. The van der Waals surface area contributed by atoms with Gasteiger partial charge < -0.3 is 29.2 Å². The van der Waals surface area contributed by atoms with Gasteiger partial charge in [0.2, 0.25) is 0 Å². The number of aliphatic hydroxyl groups is 2. The molecule has 0 bridgehead atoms. The molecule has 0 radical (unpaired) electrons. The Balaban J connectivity index is 1.87. The highest BCUT2D eigenvalue weighted by atomic mass is 16.7. The summed E-state index contributed by atoms with van der Waals surface area (Å²) in [6.07, 6.45) is 12.4. The Morgan fingerprint density at radius 1 is 0.903 bits per heavy atom. The van der Waals surface area contributed by atoms with Crippen molar-refractivity contribution in [2.75, 3.05) is 13.2 Å². The van der Waals surface area contributed by atoms with E-state index in [4.69, 9.17) is 14.2 Å². The number of hydrogen-bond acceptors (Lipinski definition) is 6. The van der Waals surface area contributed by atoms with Crippen LogP contribution in [0.3, 0.4) is 0 Å². The van der Waals surface area contributed by atoms with E-state index >= 15 is 0 Å². The Morgan fingerprint density at radius 2 is 1.52 bits per heavy atom. The summed E-state index contributed by atoms with van der Waals surface area (Å²) < 4.78 is 18.2. The summed E-state index contributed by atoms with van der Waals surface area (Å²) in [4.78, 5) is 11.2. The monoisotopic (exact) mass is 442 g/mol. The van der Waals surface area contributed by atoms with Crippen molar-refractivity contribution in [2.24, 2.45) is 5.92 Å². The first kappa shape index (κ1) is 26.7. The molecule has 2 rings (SSSR count). The van der Waals surface area contributed by atoms with Crippen molar-refractivity contribution in [3.63, 3.8) is 0 Å². The van der Waals surface area contributed by atoms with Gasteiger partial charge in [-0.15, -0.1) is 0 Å². The first-order valence-corrected chi connectivity index (χ1v) is 12.8. The zero-order valence-corrected chi connectivity index (χ0v) is 19.8. The zero-order chi connectivity index (χ0) is 22.5. The van der Waals surface area contributed by atoms with E-state index in [-0.39, 0.29) is 5.92 Å². The van der Waals surface area contributed by atoms with Crippen LogP contribution in [0.15, 0.2) is 0 Å². The van der Waals surface area contributed by atoms with E-state index in [1.54, 1.807) is 0 Å². The average Bonchev–Trinajstić information content (AvgIpc) is 3.07. The van der Waals surface area contributed by atoms with Crippen molar-refractivity contribution in [3.05, 3.63) is 0 Å². The molecule has 182 valence electrons. The molecule has 2 N–H and O–H groups in total. The summed E-state index contributed by atoms with van der Waals surface area (Å²) in [5, 5.41) is 20.6. The quantitative estimate of drug-likeness (QED) is 0.270. The molecule has 0 aliphatic carbocycles. The van der Waals surface area contributed by atoms with Crippen LogP contribution in [0.4, 0.5) is 0 Å². The van der Waals surface area contributed by atoms with E-state index in [0.717, 1.165) is 32.1 Å². The van der Waals surface area contributed by atoms with Crippen LogP contribution in [0.25, 0.3) is 0 Å². The molecule has 0 amide bonds. The molecule has 0 aromatic carbocycles. The summed E-state index contributed by atoms with van der Waals surface area (Å²) in [5.74, 6) is -0.678. The van der Waals surface area contributed by atoms with Crippen LogP contribution in [0.5, 0.6) is 0 Å². The standard InChI is InChI=1S/C25H46O6/c1-3-5-6-7-8-9-10-11-12-15-25(29-16-13-17-30-25)18-20(14-4-2)24-23(28)22(27)21(19-26)31-24/h19-24,27-28H,3-18H2,1-2H3. The third-order valence-corrected chi connectivity index (χ3v) is 6.85. The molecule has 2 aliphatic rings. The fourth-order valence-electron chi connectivity index (χ4n) is 5.07. The smallest absolute Gasteiger partial charge is 0.168 e. The Bertz CT molecular complexity index is 479. The zero-order valence-electron chi connectivity index (χ0n) is 19.8. The number of rotatable bonds is 16. The number of unbranched alkanes of at least 4 members (excludes halogenated alkanes) is 8. The van der Waals surface area contributed by atoms with Crippen molar-refractivity contribution < 1.29 is 29.2 Å². The minimum absolute atomic E-state index is 0.0312. The van der Waals surface area contributed by atoms with E-state index in [2.05, 4.69) is 13.8 Å². The summed E-state index contributed by atoms with van der Waals surface area (Å²) in [7, 11) is 0. The van der Waals surface area contributed by atoms with Crippen LogP contribution < -0.4 is 0 Å². The van der Waals surface area contributed by atoms with Gasteiger partial charge in [-0.05, 0) is 25.2 Å². The molecular weight excluding hydrogens is 396 g/mol. The molecular formula is C25H46O6. The Labute approximate surface area is 189 Å². The number of aldehydes is 1. The number of carbonyl (C=O) groups is 1. The normalized spacial score (nSPS) is 29.2. The molecule has 2 aliphatic heterocycles. The molecule has 0 spiro atoms. The van der Waals surface area contributed by atoms with E-state index in [9.17, 15) is 15.0 Å². The summed E-state index contributed by atoms with van der Waals surface area (Å²) in [6.45, 7) is 5.71. The highest BCUT2D eigenvalue weighted by Gasteiger charge is 2.48. The molecule has 2 fully saturated rings. The van der Waals surface area contributed by atoms with Crippen molar-refractivity contribution >= 4 is 6.29 Å². The molecule has 5 atom stereocenters. The Kier molecular flexibility index (Phi) is 12.6. The van der Waals surface area contributed by atoms with Crippen molar-refractivity contribution in [1.82, 2.24) is 0 Å². The first-order chi connectivity index (χ1) is 15.1. The minimum atomic E-state index is -1.16. The first-order valence-electron chi connectivity index (χ1n) is 12.8. The fourth-order valence-corrected chi connectivity index (χ4v) is 5.07. The second-order valence-corrected chi connectivity index (χ2v) is 9.48. The highest BCUT2D eigenvalue weighted by Crippen LogP contribution is 2.38. The van der Waals surface area contributed by atoms with Crippen molar-refractivity contribution in [2.45, 2.75) is 134 Å². The maximum atomic E-state index is 11.2. The fraction of sp³-hybridized carbons (Fsp3) is 0.960. The van der Waals surface area contributed by atoms with E-state index in [1.165, 1.54) is 51.4 Å². The van der Waals surface area contributed by atoms with Crippen LogP contribution >= 0.6 is 0 Å². The molecule has 2 heterocycles. The largest absolute Gasteiger partial charge is 0.388 e. The van der Waals surface area contributed by atoms with Crippen LogP contribution in [0, 0.1) is 5.92 Å². The summed E-state index contributed by atoms with van der Waals surface area (Å²) in [5.41, 5.74) is 0. The highest BCUT2D eigenvalue weighted by molar-refractivity contribution is 5.58. The molecule has 2 saturated heterocycles. The van der Waals surface area contributed by atoms with Gasteiger partial charge in [-0.2, -0.15) is 0 Å². The molecule has 31 heavy (non-hydrogen) atoms. The summed E-state index contributed by atoms with van der Waals surface area (Å²) in [6, 6.07) is 0. The van der Waals surface area contributed by atoms with Crippen molar-refractivity contribution in [1.29, 1.82) is 0 Å². The lowest BCUT2D eigenvalue weighted by Crippen LogP contribution is -2.46. The second-order valence-electron chi connectivity index (χ2n) is 9.48. The molecule has 6 heteroatoms. The third-order valence-electron chi connectivity index (χ3n) is 6.85.